The summed E-state index contributed by atoms with van der Waals surface area (Å²) in [5, 5.41) is 1.08. The van der Waals surface area contributed by atoms with E-state index in [1.54, 1.807) is 27.8 Å². The lowest BCUT2D eigenvalue weighted by atomic mass is 10.2. The fourth-order valence-electron chi connectivity index (χ4n) is 3.17. The van der Waals surface area contributed by atoms with Gasteiger partial charge in [0.05, 0.1) is 21.7 Å². The second-order valence-corrected chi connectivity index (χ2v) is 9.62. The van der Waals surface area contributed by atoms with Gasteiger partial charge in [-0.1, -0.05) is 29.8 Å². The van der Waals surface area contributed by atoms with Crippen molar-refractivity contribution in [3.8, 4) is 0 Å². The Kier molecular flexibility index (Phi) is 4.79. The van der Waals surface area contributed by atoms with Crippen LogP contribution in [-0.2, 0) is 16.6 Å². The molecule has 1 saturated heterocycles. The lowest BCUT2D eigenvalue weighted by Gasteiger charge is -2.33. The normalized spacial score (nSPS) is 17.0. The molecule has 7 heteroatoms. The van der Waals surface area contributed by atoms with Gasteiger partial charge in [-0.2, -0.15) is 4.31 Å². The number of aryl methyl sites for hydroxylation is 1. The fourth-order valence-corrected chi connectivity index (χ4v) is 5.60. The zero-order chi connectivity index (χ0) is 18.1. The summed E-state index contributed by atoms with van der Waals surface area (Å²) in [5.41, 5.74) is 2.10. The minimum absolute atomic E-state index is 0.378. The molecule has 0 unspecified atom stereocenters. The Morgan fingerprint density at radius 2 is 1.69 bits per heavy atom. The van der Waals surface area contributed by atoms with Crippen molar-refractivity contribution in [2.75, 3.05) is 26.2 Å². The first-order valence-electron chi connectivity index (χ1n) is 8.66. The van der Waals surface area contributed by atoms with E-state index in [1.807, 2.05) is 37.3 Å². The smallest absolute Gasteiger partial charge is 0.243 e. The zero-order valence-electron chi connectivity index (χ0n) is 14.6. The van der Waals surface area contributed by atoms with Gasteiger partial charge in [0.15, 0.2) is 0 Å². The van der Waals surface area contributed by atoms with Crippen molar-refractivity contribution in [3.63, 3.8) is 0 Å². The van der Waals surface area contributed by atoms with Crippen molar-refractivity contribution in [2.45, 2.75) is 18.4 Å². The van der Waals surface area contributed by atoms with Crippen molar-refractivity contribution >= 4 is 31.6 Å². The van der Waals surface area contributed by atoms with Gasteiger partial charge in [0.2, 0.25) is 10.0 Å². The van der Waals surface area contributed by atoms with Crippen molar-refractivity contribution in [1.29, 1.82) is 0 Å². The van der Waals surface area contributed by atoms with Crippen LogP contribution in [-0.4, -0.2) is 48.8 Å². The summed E-state index contributed by atoms with van der Waals surface area (Å²) in [7, 11) is -3.40. The van der Waals surface area contributed by atoms with Gasteiger partial charge in [0, 0.05) is 26.2 Å². The maximum Gasteiger partial charge on any atom is 0.243 e. The topological polar surface area (TPSA) is 53.5 Å². The molecule has 2 heterocycles. The molecule has 0 N–H and O–H groups in total. The maximum absolute atomic E-state index is 12.8. The Morgan fingerprint density at radius 1 is 1.00 bits per heavy atom. The molecule has 136 valence electrons. The number of benzene rings is 2. The number of piperazine rings is 1. The van der Waals surface area contributed by atoms with E-state index in [0.29, 0.717) is 18.0 Å². The highest BCUT2D eigenvalue weighted by Crippen LogP contribution is 2.24. The van der Waals surface area contributed by atoms with Crippen LogP contribution in [0.2, 0.25) is 0 Å². The van der Waals surface area contributed by atoms with Crippen LogP contribution in [0.25, 0.3) is 10.2 Å². The Hall–Kier alpha value is -1.80. The summed E-state index contributed by atoms with van der Waals surface area (Å²) >= 11 is 1.71. The molecule has 0 spiro atoms. The first-order chi connectivity index (χ1) is 12.5. The molecule has 1 aliphatic heterocycles. The largest absolute Gasteiger partial charge is 0.294 e. The van der Waals surface area contributed by atoms with Crippen LogP contribution in [0.4, 0.5) is 0 Å². The first kappa shape index (κ1) is 17.6. The number of hydrogen-bond donors (Lipinski definition) is 0. The van der Waals surface area contributed by atoms with Gasteiger partial charge in [-0.25, -0.2) is 13.4 Å². The Bertz CT molecular complexity index is 972. The second kappa shape index (κ2) is 7.08. The minimum Gasteiger partial charge on any atom is -0.294 e. The van der Waals surface area contributed by atoms with E-state index in [4.69, 9.17) is 0 Å². The number of aromatic nitrogens is 1. The van der Waals surface area contributed by atoms with Gasteiger partial charge in [-0.3, -0.25) is 4.90 Å². The van der Waals surface area contributed by atoms with Crippen molar-refractivity contribution in [2.24, 2.45) is 0 Å². The molecular formula is C19H21N3O2S2. The predicted octanol–water partition coefficient (Wildman–Crippen LogP) is 3.11. The van der Waals surface area contributed by atoms with E-state index < -0.39 is 10.0 Å². The molecule has 1 fully saturated rings. The van der Waals surface area contributed by atoms with Crippen LogP contribution in [0.15, 0.2) is 53.4 Å². The van der Waals surface area contributed by atoms with Crippen LogP contribution in [0.3, 0.4) is 0 Å². The molecule has 1 aliphatic rings. The standard InChI is InChI=1S/C19H21N3O2S2/c1-15-6-8-16(9-7-15)26(23,24)22-12-10-21(11-13-22)14-19-20-17-4-2-3-5-18(17)25-19/h2-9H,10-14H2,1H3. The average Bonchev–Trinajstić information content (AvgIpc) is 3.05. The van der Waals surface area contributed by atoms with Gasteiger partial charge in [0.25, 0.3) is 0 Å². The number of fused-ring (bicyclic) bond motifs is 1. The van der Waals surface area contributed by atoms with E-state index >= 15 is 0 Å². The molecule has 0 bridgehead atoms. The first-order valence-corrected chi connectivity index (χ1v) is 10.9. The summed E-state index contributed by atoms with van der Waals surface area (Å²) in [4.78, 5) is 7.33. The third-order valence-corrected chi connectivity index (χ3v) is 7.62. The molecule has 0 saturated carbocycles. The second-order valence-electron chi connectivity index (χ2n) is 6.57. The van der Waals surface area contributed by atoms with Crippen LogP contribution < -0.4 is 0 Å². The predicted molar refractivity (Wildman–Crippen MR) is 105 cm³/mol. The lowest BCUT2D eigenvalue weighted by molar-refractivity contribution is 0.181. The molecule has 26 heavy (non-hydrogen) atoms. The molecule has 3 aromatic rings. The summed E-state index contributed by atoms with van der Waals surface area (Å²) in [6, 6.07) is 15.2. The van der Waals surface area contributed by atoms with Crippen LogP contribution in [0.1, 0.15) is 10.6 Å². The van der Waals surface area contributed by atoms with E-state index in [9.17, 15) is 8.42 Å². The molecule has 0 atom stereocenters. The van der Waals surface area contributed by atoms with E-state index in [-0.39, 0.29) is 0 Å². The summed E-state index contributed by atoms with van der Waals surface area (Å²) in [6.07, 6.45) is 0. The number of sulfonamides is 1. The maximum atomic E-state index is 12.8. The molecule has 0 amide bonds. The molecule has 2 aromatic carbocycles. The number of rotatable bonds is 4. The van der Waals surface area contributed by atoms with Gasteiger partial charge < -0.3 is 0 Å². The van der Waals surface area contributed by atoms with Gasteiger partial charge in [0.1, 0.15) is 5.01 Å². The monoisotopic (exact) mass is 387 g/mol. The highest BCUT2D eigenvalue weighted by molar-refractivity contribution is 7.89. The molecule has 4 rings (SSSR count). The average molecular weight is 388 g/mol. The number of hydrogen-bond acceptors (Lipinski definition) is 5. The Balaban J connectivity index is 1.41. The van der Waals surface area contributed by atoms with Gasteiger partial charge in [-0.05, 0) is 31.2 Å². The third-order valence-electron chi connectivity index (χ3n) is 4.69. The zero-order valence-corrected chi connectivity index (χ0v) is 16.3. The van der Waals surface area contributed by atoms with Crippen molar-refractivity contribution in [3.05, 3.63) is 59.1 Å². The molecule has 1 aromatic heterocycles. The van der Waals surface area contributed by atoms with Crippen LogP contribution in [0.5, 0.6) is 0 Å². The highest BCUT2D eigenvalue weighted by atomic mass is 32.2. The third kappa shape index (κ3) is 3.53. The van der Waals surface area contributed by atoms with E-state index in [0.717, 1.165) is 35.7 Å². The number of nitrogens with zero attached hydrogens (tertiary/aromatic N) is 3. The summed E-state index contributed by atoms with van der Waals surface area (Å²) in [6.45, 7) is 5.21. The molecule has 5 nitrogen and oxygen atoms in total. The van der Waals surface area contributed by atoms with Crippen molar-refractivity contribution < 1.29 is 8.42 Å². The van der Waals surface area contributed by atoms with Crippen molar-refractivity contribution in [1.82, 2.24) is 14.2 Å². The van der Waals surface area contributed by atoms with E-state index in [2.05, 4.69) is 16.0 Å². The highest BCUT2D eigenvalue weighted by Gasteiger charge is 2.28. The summed E-state index contributed by atoms with van der Waals surface area (Å²) < 4.78 is 28.3. The number of para-hydroxylation sites is 1. The van der Waals surface area contributed by atoms with Crippen LogP contribution in [0, 0.1) is 6.92 Å². The minimum atomic E-state index is -3.40. The summed E-state index contributed by atoms with van der Waals surface area (Å²) in [5.74, 6) is 0. The Labute approximate surface area is 157 Å². The fraction of sp³-hybridized carbons (Fsp3) is 0.316. The van der Waals surface area contributed by atoms with E-state index in [1.165, 1.54) is 4.70 Å². The lowest BCUT2D eigenvalue weighted by Crippen LogP contribution is -2.48. The quantitative estimate of drug-likeness (QED) is 0.690. The Morgan fingerprint density at radius 3 is 2.38 bits per heavy atom. The van der Waals surface area contributed by atoms with Gasteiger partial charge in [-0.15, -0.1) is 11.3 Å². The van der Waals surface area contributed by atoms with Gasteiger partial charge >= 0.3 is 0 Å². The number of thiazole rings is 1. The molecule has 0 radical (unpaired) electrons. The van der Waals surface area contributed by atoms with Crippen LogP contribution >= 0.6 is 11.3 Å². The molecular weight excluding hydrogens is 366 g/mol. The molecule has 0 aliphatic carbocycles. The SMILES string of the molecule is Cc1ccc(S(=O)(=O)N2CCN(Cc3nc4ccccc4s3)CC2)cc1.